The van der Waals surface area contributed by atoms with Gasteiger partial charge in [-0.25, -0.2) is 4.79 Å². The predicted molar refractivity (Wildman–Crippen MR) is 111 cm³/mol. The number of benzene rings is 1. The van der Waals surface area contributed by atoms with Crippen LogP contribution in [0.25, 0.3) is 10.7 Å². The van der Waals surface area contributed by atoms with Gasteiger partial charge >= 0.3 is 6.03 Å². The second kappa shape index (κ2) is 9.85. The van der Waals surface area contributed by atoms with E-state index in [4.69, 9.17) is 5.73 Å². The maximum absolute atomic E-state index is 12.1. The van der Waals surface area contributed by atoms with E-state index >= 15 is 0 Å². The lowest BCUT2D eigenvalue weighted by atomic mass is 10.3. The van der Waals surface area contributed by atoms with Crippen LogP contribution >= 0.6 is 23.1 Å². The Morgan fingerprint density at radius 2 is 1.90 bits per heavy atom. The molecule has 2 aromatic heterocycles. The molecule has 9 nitrogen and oxygen atoms in total. The highest BCUT2D eigenvalue weighted by Crippen LogP contribution is 2.27. The maximum Gasteiger partial charge on any atom is 0.325 e. The minimum Gasteiger partial charge on any atom is -0.370 e. The van der Waals surface area contributed by atoms with Crippen molar-refractivity contribution in [2.24, 2.45) is 5.73 Å². The third-order valence-electron chi connectivity index (χ3n) is 3.66. The van der Waals surface area contributed by atoms with Crippen molar-refractivity contribution in [3.8, 4) is 10.7 Å². The fraction of sp³-hybridized carbons (Fsp3) is 0.167. The molecule has 0 saturated carbocycles. The van der Waals surface area contributed by atoms with Crippen LogP contribution in [0.4, 0.5) is 10.5 Å². The van der Waals surface area contributed by atoms with E-state index < -0.39 is 17.8 Å². The Balaban J connectivity index is 1.61. The number of hydrogen-bond acceptors (Lipinski definition) is 7. The number of rotatable bonds is 8. The van der Waals surface area contributed by atoms with Gasteiger partial charge in [0.25, 0.3) is 0 Å². The first-order chi connectivity index (χ1) is 14.0. The van der Waals surface area contributed by atoms with Gasteiger partial charge in [-0.2, -0.15) is 0 Å². The molecule has 0 fully saturated rings. The van der Waals surface area contributed by atoms with Gasteiger partial charge in [0, 0.05) is 18.7 Å². The van der Waals surface area contributed by atoms with E-state index in [2.05, 4.69) is 20.8 Å². The molecule has 3 rings (SSSR count). The summed E-state index contributed by atoms with van der Waals surface area (Å²) < 4.78 is 1.75. The van der Waals surface area contributed by atoms with Gasteiger partial charge in [0.1, 0.15) is 0 Å². The number of nitrogens with zero attached hydrogens (tertiary/aromatic N) is 3. The first kappa shape index (κ1) is 20.6. The average molecular weight is 431 g/mol. The van der Waals surface area contributed by atoms with Crippen LogP contribution in [0.5, 0.6) is 0 Å². The Labute approximate surface area is 174 Å². The number of thiophene rings is 1. The molecule has 4 amide bonds. The zero-order chi connectivity index (χ0) is 20.6. The largest absolute Gasteiger partial charge is 0.370 e. The van der Waals surface area contributed by atoms with Crippen LogP contribution in [-0.2, 0) is 16.1 Å². The van der Waals surface area contributed by atoms with Crippen molar-refractivity contribution in [1.82, 2.24) is 20.1 Å². The highest BCUT2D eigenvalue weighted by molar-refractivity contribution is 7.99. The molecule has 0 aliphatic carbocycles. The molecule has 0 bridgehead atoms. The van der Waals surface area contributed by atoms with E-state index in [-0.39, 0.29) is 12.2 Å². The van der Waals surface area contributed by atoms with Crippen molar-refractivity contribution in [1.29, 1.82) is 0 Å². The SMILES string of the molecule is NC(=O)CCn1c(SCC(=O)NC(=O)Nc2ccccc2)nnc1-c1cccs1. The number of amides is 4. The van der Waals surface area contributed by atoms with Gasteiger partial charge < -0.3 is 15.6 Å². The first-order valence-corrected chi connectivity index (χ1v) is 10.4. The molecule has 150 valence electrons. The summed E-state index contributed by atoms with van der Waals surface area (Å²) in [4.78, 5) is 36.1. The minimum atomic E-state index is -0.615. The third kappa shape index (κ3) is 5.90. The quantitative estimate of drug-likeness (QED) is 0.470. The first-order valence-electron chi connectivity index (χ1n) is 8.57. The van der Waals surface area contributed by atoms with E-state index in [0.29, 0.717) is 23.2 Å². The molecule has 1 aromatic carbocycles. The van der Waals surface area contributed by atoms with Crippen molar-refractivity contribution < 1.29 is 14.4 Å². The molecule has 11 heteroatoms. The monoisotopic (exact) mass is 430 g/mol. The molecule has 29 heavy (non-hydrogen) atoms. The van der Waals surface area contributed by atoms with Gasteiger partial charge in [-0.15, -0.1) is 21.5 Å². The van der Waals surface area contributed by atoms with Crippen LogP contribution in [0.1, 0.15) is 6.42 Å². The summed E-state index contributed by atoms with van der Waals surface area (Å²) in [7, 11) is 0. The summed E-state index contributed by atoms with van der Waals surface area (Å²) in [6, 6.07) is 12.0. The van der Waals surface area contributed by atoms with Crippen molar-refractivity contribution in [2.75, 3.05) is 11.1 Å². The molecule has 0 unspecified atom stereocenters. The van der Waals surface area contributed by atoms with E-state index in [9.17, 15) is 14.4 Å². The highest BCUT2D eigenvalue weighted by Gasteiger charge is 2.17. The molecule has 0 spiro atoms. The minimum absolute atomic E-state index is 0.0403. The van der Waals surface area contributed by atoms with Crippen LogP contribution in [-0.4, -0.2) is 38.4 Å². The van der Waals surface area contributed by atoms with Crippen molar-refractivity contribution in [3.63, 3.8) is 0 Å². The number of imide groups is 1. The number of thioether (sulfide) groups is 1. The van der Waals surface area contributed by atoms with Crippen LogP contribution in [0.3, 0.4) is 0 Å². The highest BCUT2D eigenvalue weighted by atomic mass is 32.2. The van der Waals surface area contributed by atoms with Crippen molar-refractivity contribution >= 4 is 46.6 Å². The number of carbonyl (C=O) groups is 3. The molecule has 4 N–H and O–H groups in total. The predicted octanol–water partition coefficient (Wildman–Crippen LogP) is 2.32. The number of urea groups is 1. The van der Waals surface area contributed by atoms with Gasteiger partial charge in [-0.1, -0.05) is 36.0 Å². The summed E-state index contributed by atoms with van der Waals surface area (Å²) in [5, 5.41) is 15.5. The lowest BCUT2D eigenvalue weighted by Crippen LogP contribution is -2.35. The standard InChI is InChI=1S/C18H18N6O3S2/c19-14(25)8-9-24-16(13-7-4-10-28-13)22-23-18(24)29-11-15(26)21-17(27)20-12-5-2-1-3-6-12/h1-7,10H,8-9,11H2,(H2,19,25)(H2,20,21,26,27). The molecule has 0 aliphatic rings. The van der Waals surface area contributed by atoms with Crippen LogP contribution < -0.4 is 16.4 Å². The molecule has 0 atom stereocenters. The molecule has 2 heterocycles. The van der Waals surface area contributed by atoms with Crippen molar-refractivity contribution in [3.05, 3.63) is 47.8 Å². The Morgan fingerprint density at radius 3 is 2.59 bits per heavy atom. The van der Waals surface area contributed by atoms with E-state index in [1.165, 1.54) is 11.3 Å². The number of carbonyl (C=O) groups excluding carboxylic acids is 3. The number of para-hydroxylation sites is 1. The Bertz CT molecular complexity index is 988. The lowest BCUT2D eigenvalue weighted by Gasteiger charge is -2.09. The smallest absolute Gasteiger partial charge is 0.325 e. The zero-order valence-corrected chi connectivity index (χ0v) is 16.8. The van der Waals surface area contributed by atoms with Crippen LogP contribution in [0, 0.1) is 0 Å². The fourth-order valence-electron chi connectivity index (χ4n) is 2.38. The van der Waals surface area contributed by atoms with Crippen LogP contribution in [0.15, 0.2) is 53.0 Å². The average Bonchev–Trinajstić information content (AvgIpc) is 3.34. The topological polar surface area (TPSA) is 132 Å². The van der Waals surface area contributed by atoms with E-state index in [1.807, 2.05) is 23.6 Å². The number of nitrogens with one attached hydrogen (secondary N) is 2. The molecular formula is C18H18N6O3S2. The van der Waals surface area contributed by atoms with Gasteiger partial charge in [0.05, 0.1) is 10.6 Å². The molecule has 0 aliphatic heterocycles. The van der Waals surface area contributed by atoms with Gasteiger partial charge in [-0.05, 0) is 23.6 Å². The normalized spacial score (nSPS) is 10.5. The zero-order valence-electron chi connectivity index (χ0n) is 15.2. The molecular weight excluding hydrogens is 412 g/mol. The molecule has 0 radical (unpaired) electrons. The molecule has 3 aromatic rings. The van der Waals surface area contributed by atoms with Gasteiger partial charge in [0.15, 0.2) is 11.0 Å². The fourth-order valence-corrected chi connectivity index (χ4v) is 3.87. The number of anilines is 1. The second-order valence-electron chi connectivity index (χ2n) is 5.81. The lowest BCUT2D eigenvalue weighted by molar-refractivity contribution is -0.118. The van der Waals surface area contributed by atoms with E-state index in [0.717, 1.165) is 16.6 Å². The summed E-state index contributed by atoms with van der Waals surface area (Å²) in [6.45, 7) is 0.300. The van der Waals surface area contributed by atoms with Crippen LogP contribution in [0.2, 0.25) is 0 Å². The summed E-state index contributed by atoms with van der Waals surface area (Å²) in [5.41, 5.74) is 5.84. The Hall–Kier alpha value is -3.18. The third-order valence-corrected chi connectivity index (χ3v) is 5.49. The van der Waals surface area contributed by atoms with Gasteiger partial charge in [0.2, 0.25) is 11.8 Å². The Kier molecular flexibility index (Phi) is 6.98. The number of nitrogens with two attached hydrogens (primary N) is 1. The summed E-state index contributed by atoms with van der Waals surface area (Å²) in [6.07, 6.45) is 0.121. The van der Waals surface area contributed by atoms with Gasteiger partial charge in [-0.3, -0.25) is 14.9 Å². The summed E-state index contributed by atoms with van der Waals surface area (Å²) >= 11 is 2.61. The Morgan fingerprint density at radius 1 is 1.10 bits per heavy atom. The second-order valence-corrected chi connectivity index (χ2v) is 7.70. The molecule has 0 saturated heterocycles. The van der Waals surface area contributed by atoms with E-state index in [1.54, 1.807) is 28.8 Å². The number of aromatic nitrogens is 3. The number of hydrogen-bond donors (Lipinski definition) is 3. The number of primary amides is 1. The maximum atomic E-state index is 12.1. The van der Waals surface area contributed by atoms with Crippen molar-refractivity contribution in [2.45, 2.75) is 18.1 Å². The summed E-state index contributed by atoms with van der Waals surface area (Å²) in [5.74, 6) is -0.361.